The van der Waals surface area contributed by atoms with E-state index in [9.17, 15) is 4.79 Å². The van der Waals surface area contributed by atoms with Crippen LogP contribution in [0.1, 0.15) is 63.8 Å². The van der Waals surface area contributed by atoms with E-state index < -0.39 is 0 Å². The van der Waals surface area contributed by atoms with E-state index in [0.29, 0.717) is 18.2 Å². The lowest BCUT2D eigenvalue weighted by Crippen LogP contribution is -2.45. The zero-order valence-corrected chi connectivity index (χ0v) is 13.7. The van der Waals surface area contributed by atoms with E-state index in [4.69, 9.17) is 9.26 Å². The first kappa shape index (κ1) is 16.8. The summed E-state index contributed by atoms with van der Waals surface area (Å²) < 4.78 is 10.8. The highest BCUT2D eigenvalue weighted by Crippen LogP contribution is 2.22. The van der Waals surface area contributed by atoms with Crippen molar-refractivity contribution in [3.05, 3.63) is 17.5 Å². The van der Waals surface area contributed by atoms with Gasteiger partial charge in [-0.2, -0.15) is 0 Å². The van der Waals surface area contributed by atoms with Crippen LogP contribution in [0, 0.1) is 0 Å². The molecule has 1 aliphatic heterocycles. The van der Waals surface area contributed by atoms with Gasteiger partial charge in [-0.3, -0.25) is 0 Å². The van der Waals surface area contributed by atoms with Gasteiger partial charge in [0.1, 0.15) is 0 Å². The summed E-state index contributed by atoms with van der Waals surface area (Å²) in [7, 11) is 0. The van der Waals surface area contributed by atoms with Crippen molar-refractivity contribution in [1.29, 1.82) is 0 Å². The number of carbonyl (C=O) groups excluding carboxylic acids is 1. The van der Waals surface area contributed by atoms with Crippen LogP contribution in [0.25, 0.3) is 0 Å². The van der Waals surface area contributed by atoms with Gasteiger partial charge in [-0.1, -0.05) is 19.0 Å². The highest BCUT2D eigenvalue weighted by atomic mass is 16.5. The molecule has 2 heterocycles. The molecule has 0 saturated carbocycles. The fourth-order valence-corrected chi connectivity index (χ4v) is 2.83. The summed E-state index contributed by atoms with van der Waals surface area (Å²) >= 11 is 0. The zero-order chi connectivity index (χ0) is 15.9. The molecule has 22 heavy (non-hydrogen) atoms. The Hall–Kier alpha value is -1.56. The molecule has 0 aromatic carbocycles. The second kappa shape index (κ2) is 8.17. The van der Waals surface area contributed by atoms with E-state index in [1.165, 1.54) is 0 Å². The van der Waals surface area contributed by atoms with Crippen molar-refractivity contribution in [2.45, 2.75) is 71.1 Å². The third-order valence-electron chi connectivity index (χ3n) is 4.29. The first-order chi connectivity index (χ1) is 10.6. The molecule has 2 amide bonds. The van der Waals surface area contributed by atoms with Crippen LogP contribution < -0.4 is 10.6 Å². The standard InChI is InChI=1S/C16H27N3O3/c1-4-12(5-2)14-9-13(22-19-14)10-17-16(20)18-11(3)15-7-6-8-21-15/h9,11-12,15H,4-8,10H2,1-3H3,(H2,17,18,20)/t11-,15-/m0/s1. The number of carbonyl (C=O) groups is 1. The summed E-state index contributed by atoms with van der Waals surface area (Å²) in [6.45, 7) is 7.38. The molecule has 2 atom stereocenters. The van der Waals surface area contributed by atoms with Crippen molar-refractivity contribution in [3.8, 4) is 0 Å². The maximum Gasteiger partial charge on any atom is 0.315 e. The van der Waals surface area contributed by atoms with E-state index in [1.54, 1.807) is 0 Å². The molecule has 1 aromatic rings. The molecule has 0 unspecified atom stereocenters. The minimum absolute atomic E-state index is 0.0114. The van der Waals surface area contributed by atoms with E-state index in [-0.39, 0.29) is 18.2 Å². The van der Waals surface area contributed by atoms with Crippen molar-refractivity contribution in [3.63, 3.8) is 0 Å². The minimum Gasteiger partial charge on any atom is -0.376 e. The Morgan fingerprint density at radius 2 is 2.23 bits per heavy atom. The van der Waals surface area contributed by atoms with Gasteiger partial charge in [0.25, 0.3) is 0 Å². The van der Waals surface area contributed by atoms with Gasteiger partial charge in [-0.25, -0.2) is 4.79 Å². The zero-order valence-electron chi connectivity index (χ0n) is 13.7. The van der Waals surface area contributed by atoms with Crippen molar-refractivity contribution < 1.29 is 14.1 Å². The lowest BCUT2D eigenvalue weighted by Gasteiger charge is -2.19. The Morgan fingerprint density at radius 1 is 1.45 bits per heavy atom. The van der Waals surface area contributed by atoms with Crippen molar-refractivity contribution in [1.82, 2.24) is 15.8 Å². The molecule has 1 aromatic heterocycles. The largest absolute Gasteiger partial charge is 0.376 e. The number of nitrogens with zero attached hydrogens (tertiary/aromatic N) is 1. The van der Waals surface area contributed by atoms with E-state index >= 15 is 0 Å². The topological polar surface area (TPSA) is 76.4 Å². The monoisotopic (exact) mass is 309 g/mol. The number of amides is 2. The van der Waals surface area contributed by atoms with Gasteiger partial charge in [0.2, 0.25) is 0 Å². The summed E-state index contributed by atoms with van der Waals surface area (Å²) in [5.74, 6) is 1.10. The highest BCUT2D eigenvalue weighted by molar-refractivity contribution is 5.74. The smallest absolute Gasteiger partial charge is 0.315 e. The molecule has 6 heteroatoms. The number of nitrogens with one attached hydrogen (secondary N) is 2. The summed E-state index contributed by atoms with van der Waals surface area (Å²) in [4.78, 5) is 11.9. The predicted octanol–water partition coefficient (Wildman–Crippen LogP) is 2.94. The van der Waals surface area contributed by atoms with Crippen LogP contribution >= 0.6 is 0 Å². The molecule has 1 aliphatic rings. The Kier molecular flexibility index (Phi) is 6.24. The molecule has 0 spiro atoms. The average molecular weight is 309 g/mol. The molecule has 6 nitrogen and oxygen atoms in total. The molecule has 124 valence electrons. The SMILES string of the molecule is CCC(CC)c1cc(CNC(=O)N[C@@H](C)[C@@H]2CCCO2)on1. The predicted molar refractivity (Wildman–Crippen MR) is 83.6 cm³/mol. The highest BCUT2D eigenvalue weighted by Gasteiger charge is 2.23. The third kappa shape index (κ3) is 4.47. The van der Waals surface area contributed by atoms with Gasteiger partial charge >= 0.3 is 6.03 Å². The van der Waals surface area contributed by atoms with Crippen molar-refractivity contribution in [2.75, 3.05) is 6.61 Å². The number of rotatable bonds is 7. The average Bonchev–Trinajstić information content (AvgIpc) is 3.18. The lowest BCUT2D eigenvalue weighted by atomic mass is 9.99. The quantitative estimate of drug-likeness (QED) is 0.812. The molecule has 0 aliphatic carbocycles. The Bertz CT molecular complexity index is 465. The van der Waals surface area contributed by atoms with Crippen molar-refractivity contribution >= 4 is 6.03 Å². The number of ether oxygens (including phenoxy) is 1. The summed E-state index contributed by atoms with van der Waals surface area (Å²) in [5, 5.41) is 9.80. The van der Waals surface area contributed by atoms with Gasteiger partial charge in [0.15, 0.2) is 5.76 Å². The fraction of sp³-hybridized carbons (Fsp3) is 0.750. The first-order valence-corrected chi connectivity index (χ1v) is 8.25. The second-order valence-corrected chi connectivity index (χ2v) is 5.90. The van der Waals surface area contributed by atoms with Crippen LogP contribution in [-0.2, 0) is 11.3 Å². The molecule has 1 saturated heterocycles. The van der Waals surface area contributed by atoms with E-state index in [1.807, 2.05) is 13.0 Å². The van der Waals surface area contributed by atoms with Crippen molar-refractivity contribution in [2.24, 2.45) is 0 Å². The molecular formula is C16H27N3O3. The van der Waals surface area contributed by atoms with Gasteiger partial charge in [0, 0.05) is 18.6 Å². The number of hydrogen-bond donors (Lipinski definition) is 2. The summed E-state index contributed by atoms with van der Waals surface area (Å²) in [6, 6.07) is 1.74. The lowest BCUT2D eigenvalue weighted by molar-refractivity contribution is 0.0860. The van der Waals surface area contributed by atoms with Gasteiger partial charge in [-0.15, -0.1) is 0 Å². The third-order valence-corrected chi connectivity index (χ3v) is 4.29. The molecular weight excluding hydrogens is 282 g/mol. The van der Waals surface area contributed by atoms with Gasteiger partial charge < -0.3 is 19.9 Å². The summed E-state index contributed by atoms with van der Waals surface area (Å²) in [6.07, 6.45) is 4.26. The number of hydrogen-bond acceptors (Lipinski definition) is 4. The van der Waals surface area contributed by atoms with E-state index in [0.717, 1.165) is 38.0 Å². The van der Waals surface area contributed by atoms with Gasteiger partial charge in [0.05, 0.1) is 24.4 Å². The maximum atomic E-state index is 11.9. The molecule has 2 rings (SSSR count). The maximum absolute atomic E-state index is 11.9. The van der Waals surface area contributed by atoms with Gasteiger partial charge in [-0.05, 0) is 32.6 Å². The Morgan fingerprint density at radius 3 is 2.86 bits per heavy atom. The Labute approximate surface area is 132 Å². The normalized spacial score (nSPS) is 19.4. The molecule has 1 fully saturated rings. The summed E-state index contributed by atoms with van der Waals surface area (Å²) in [5.41, 5.74) is 0.968. The fourth-order valence-electron chi connectivity index (χ4n) is 2.83. The van der Waals surface area contributed by atoms with Crippen LogP contribution in [0.15, 0.2) is 10.6 Å². The van der Waals surface area contributed by atoms with Crippen LogP contribution in [-0.4, -0.2) is 29.9 Å². The minimum atomic E-state index is -0.205. The molecule has 0 bridgehead atoms. The number of urea groups is 1. The molecule has 2 N–H and O–H groups in total. The van der Waals surface area contributed by atoms with Crippen LogP contribution in [0.5, 0.6) is 0 Å². The van der Waals surface area contributed by atoms with E-state index in [2.05, 4.69) is 29.6 Å². The van der Waals surface area contributed by atoms with Crippen LogP contribution in [0.2, 0.25) is 0 Å². The Balaban J connectivity index is 1.76. The molecule has 0 radical (unpaired) electrons. The first-order valence-electron chi connectivity index (χ1n) is 8.25. The van der Waals surface area contributed by atoms with Crippen LogP contribution in [0.3, 0.4) is 0 Å². The number of aromatic nitrogens is 1. The second-order valence-electron chi connectivity index (χ2n) is 5.90. The van der Waals surface area contributed by atoms with Crippen LogP contribution in [0.4, 0.5) is 4.79 Å².